The van der Waals surface area contributed by atoms with Crippen molar-refractivity contribution in [1.82, 2.24) is 4.90 Å². The zero-order valence-electron chi connectivity index (χ0n) is 11.6. The molecule has 0 N–H and O–H groups in total. The Balaban J connectivity index is 2.03. The Morgan fingerprint density at radius 1 is 1.17 bits per heavy atom. The van der Waals surface area contributed by atoms with Gasteiger partial charge >= 0.3 is 0 Å². The van der Waals surface area contributed by atoms with Crippen molar-refractivity contribution < 1.29 is 0 Å². The Morgan fingerprint density at radius 3 is 2.33 bits per heavy atom. The fraction of sp³-hybridized carbons (Fsp3) is 0.600. The molecule has 1 saturated heterocycles. The van der Waals surface area contributed by atoms with E-state index in [0.717, 1.165) is 18.4 Å². The van der Waals surface area contributed by atoms with Crippen molar-refractivity contribution in [3.8, 4) is 0 Å². The minimum Gasteiger partial charge on any atom is -0.369 e. The van der Waals surface area contributed by atoms with E-state index in [0.29, 0.717) is 6.04 Å². The molecule has 2 rings (SSSR count). The summed E-state index contributed by atoms with van der Waals surface area (Å²) >= 11 is 3.53. The summed E-state index contributed by atoms with van der Waals surface area (Å²) in [5.41, 5.74) is 4.15. The average molecular weight is 311 g/mol. The number of halogens is 1. The number of piperazine rings is 1. The Bertz CT molecular complexity index is 395. The number of rotatable bonds is 3. The van der Waals surface area contributed by atoms with Crippen molar-refractivity contribution in [3.05, 3.63) is 29.3 Å². The Labute approximate surface area is 119 Å². The van der Waals surface area contributed by atoms with Gasteiger partial charge in [0.1, 0.15) is 0 Å². The second-order valence-electron chi connectivity index (χ2n) is 5.36. The zero-order chi connectivity index (χ0) is 13.1. The van der Waals surface area contributed by atoms with Crippen LogP contribution in [0, 0.1) is 6.92 Å². The van der Waals surface area contributed by atoms with E-state index >= 15 is 0 Å². The number of hydrogen-bond acceptors (Lipinski definition) is 2. The number of nitrogens with zero attached hydrogens (tertiary/aromatic N) is 2. The number of alkyl halides is 1. The van der Waals surface area contributed by atoms with Crippen LogP contribution in [-0.2, 0) is 5.33 Å². The van der Waals surface area contributed by atoms with Crippen LogP contribution in [0.15, 0.2) is 18.2 Å². The molecule has 0 atom stereocenters. The molecule has 0 radical (unpaired) electrons. The predicted octanol–water partition coefficient (Wildman–Crippen LogP) is 3.42. The highest BCUT2D eigenvalue weighted by atomic mass is 79.9. The highest BCUT2D eigenvalue weighted by Gasteiger charge is 2.19. The second kappa shape index (κ2) is 6.07. The van der Waals surface area contributed by atoms with Crippen molar-refractivity contribution in [2.45, 2.75) is 32.1 Å². The van der Waals surface area contributed by atoms with Gasteiger partial charge in [-0.1, -0.05) is 22.0 Å². The average Bonchev–Trinajstić information content (AvgIpc) is 2.38. The van der Waals surface area contributed by atoms with Gasteiger partial charge in [0.25, 0.3) is 0 Å². The molecule has 0 aromatic heterocycles. The van der Waals surface area contributed by atoms with Gasteiger partial charge < -0.3 is 4.90 Å². The fourth-order valence-corrected chi connectivity index (χ4v) is 3.15. The van der Waals surface area contributed by atoms with Gasteiger partial charge in [-0.2, -0.15) is 0 Å². The molecule has 2 nitrogen and oxygen atoms in total. The molecule has 1 aromatic rings. The minimum atomic E-state index is 0.671. The number of hydrogen-bond donors (Lipinski definition) is 0. The highest BCUT2D eigenvalue weighted by Crippen LogP contribution is 2.22. The largest absolute Gasteiger partial charge is 0.369 e. The van der Waals surface area contributed by atoms with Gasteiger partial charge in [-0.05, 0) is 44.0 Å². The quantitative estimate of drug-likeness (QED) is 0.789. The topological polar surface area (TPSA) is 6.48 Å². The van der Waals surface area contributed by atoms with Crippen molar-refractivity contribution in [2.24, 2.45) is 0 Å². The lowest BCUT2D eigenvalue weighted by atomic mass is 10.1. The van der Waals surface area contributed by atoms with E-state index in [1.54, 1.807) is 0 Å². The van der Waals surface area contributed by atoms with Crippen LogP contribution in [0.25, 0.3) is 0 Å². The third-order valence-corrected chi connectivity index (χ3v) is 4.48. The molecule has 0 spiro atoms. The van der Waals surface area contributed by atoms with E-state index in [9.17, 15) is 0 Å². The van der Waals surface area contributed by atoms with Gasteiger partial charge in [0.15, 0.2) is 0 Å². The van der Waals surface area contributed by atoms with Crippen LogP contribution in [0.3, 0.4) is 0 Å². The summed E-state index contributed by atoms with van der Waals surface area (Å²) < 4.78 is 0. The third-order valence-electron chi connectivity index (χ3n) is 3.88. The second-order valence-corrected chi connectivity index (χ2v) is 5.92. The molecule has 1 aromatic carbocycles. The first-order valence-electron chi connectivity index (χ1n) is 6.76. The lowest BCUT2D eigenvalue weighted by Crippen LogP contribution is -2.48. The molecule has 18 heavy (non-hydrogen) atoms. The Hall–Kier alpha value is -0.540. The Morgan fingerprint density at radius 2 is 1.83 bits per heavy atom. The first-order valence-corrected chi connectivity index (χ1v) is 7.88. The molecular formula is C15H23BrN2. The third kappa shape index (κ3) is 3.07. The van der Waals surface area contributed by atoms with E-state index in [2.05, 4.69) is 64.7 Å². The van der Waals surface area contributed by atoms with E-state index in [4.69, 9.17) is 0 Å². The summed E-state index contributed by atoms with van der Waals surface area (Å²) in [5, 5.41) is 0.945. The van der Waals surface area contributed by atoms with Crippen molar-refractivity contribution in [3.63, 3.8) is 0 Å². The predicted molar refractivity (Wildman–Crippen MR) is 82.7 cm³/mol. The zero-order valence-corrected chi connectivity index (χ0v) is 13.2. The summed E-state index contributed by atoms with van der Waals surface area (Å²) in [6.07, 6.45) is 0. The van der Waals surface area contributed by atoms with Gasteiger partial charge in [-0.25, -0.2) is 0 Å². The van der Waals surface area contributed by atoms with E-state index < -0.39 is 0 Å². The molecule has 1 fully saturated rings. The van der Waals surface area contributed by atoms with Crippen LogP contribution >= 0.6 is 15.9 Å². The normalized spacial score (nSPS) is 17.5. The summed E-state index contributed by atoms with van der Waals surface area (Å²) in [4.78, 5) is 5.06. The minimum absolute atomic E-state index is 0.671. The summed E-state index contributed by atoms with van der Waals surface area (Å²) in [5.74, 6) is 0. The monoisotopic (exact) mass is 310 g/mol. The van der Waals surface area contributed by atoms with E-state index in [1.165, 1.54) is 29.9 Å². The molecule has 0 unspecified atom stereocenters. The molecule has 1 aliphatic rings. The lowest BCUT2D eigenvalue weighted by molar-refractivity contribution is 0.209. The van der Waals surface area contributed by atoms with Crippen LogP contribution in [0.5, 0.6) is 0 Å². The maximum Gasteiger partial charge on any atom is 0.0369 e. The van der Waals surface area contributed by atoms with E-state index in [1.807, 2.05) is 0 Å². The van der Waals surface area contributed by atoms with Gasteiger partial charge in [-0.3, -0.25) is 4.90 Å². The molecule has 3 heteroatoms. The SMILES string of the molecule is Cc1cc(N2CCN(C(C)C)CC2)ccc1CBr. The first kappa shape index (κ1) is 13.9. The fourth-order valence-electron chi connectivity index (χ4n) is 2.52. The maximum absolute atomic E-state index is 3.53. The van der Waals surface area contributed by atoms with Crippen molar-refractivity contribution in [2.75, 3.05) is 31.1 Å². The lowest BCUT2D eigenvalue weighted by Gasteiger charge is -2.38. The molecular weight excluding hydrogens is 288 g/mol. The molecule has 1 heterocycles. The molecule has 0 saturated carbocycles. The first-order chi connectivity index (χ1) is 8.61. The van der Waals surface area contributed by atoms with Crippen molar-refractivity contribution >= 4 is 21.6 Å². The van der Waals surface area contributed by atoms with E-state index in [-0.39, 0.29) is 0 Å². The van der Waals surface area contributed by atoms with Crippen molar-refractivity contribution in [1.29, 1.82) is 0 Å². The Kier molecular flexibility index (Phi) is 4.68. The standard InChI is InChI=1S/C15H23BrN2/c1-12(2)17-6-8-18(9-7-17)15-5-4-14(11-16)13(3)10-15/h4-5,10,12H,6-9,11H2,1-3H3. The van der Waals surface area contributed by atoms with Crippen LogP contribution in [0.1, 0.15) is 25.0 Å². The summed E-state index contributed by atoms with van der Waals surface area (Å²) in [7, 11) is 0. The molecule has 100 valence electrons. The van der Waals surface area contributed by atoms with Crippen LogP contribution in [0.4, 0.5) is 5.69 Å². The highest BCUT2D eigenvalue weighted by molar-refractivity contribution is 9.08. The maximum atomic E-state index is 3.53. The smallest absolute Gasteiger partial charge is 0.0369 e. The molecule has 0 amide bonds. The number of aryl methyl sites for hydroxylation is 1. The number of anilines is 1. The summed E-state index contributed by atoms with van der Waals surface area (Å²) in [6.45, 7) is 11.4. The van der Waals surface area contributed by atoms with Gasteiger partial charge in [0.2, 0.25) is 0 Å². The molecule has 1 aliphatic heterocycles. The summed E-state index contributed by atoms with van der Waals surface area (Å²) in [6, 6.07) is 7.49. The van der Waals surface area contributed by atoms with Crippen LogP contribution in [-0.4, -0.2) is 37.1 Å². The molecule has 0 aliphatic carbocycles. The van der Waals surface area contributed by atoms with Crippen LogP contribution in [0.2, 0.25) is 0 Å². The van der Waals surface area contributed by atoms with Gasteiger partial charge in [0, 0.05) is 43.2 Å². The number of benzene rings is 1. The van der Waals surface area contributed by atoms with Crippen LogP contribution < -0.4 is 4.90 Å². The molecule has 0 bridgehead atoms. The van der Waals surface area contributed by atoms with Gasteiger partial charge in [0.05, 0.1) is 0 Å². The van der Waals surface area contributed by atoms with Gasteiger partial charge in [-0.15, -0.1) is 0 Å².